The summed E-state index contributed by atoms with van der Waals surface area (Å²) in [7, 11) is -3.51. The van der Waals surface area contributed by atoms with Crippen LogP contribution < -0.4 is 5.32 Å². The average Bonchev–Trinajstić information content (AvgIpc) is 3.08. The number of aryl methyl sites for hydroxylation is 1. The fourth-order valence-electron chi connectivity index (χ4n) is 3.71. The van der Waals surface area contributed by atoms with E-state index in [4.69, 9.17) is 0 Å². The molecule has 0 radical (unpaired) electrons. The third-order valence-corrected chi connectivity index (χ3v) is 7.20. The van der Waals surface area contributed by atoms with Crippen LogP contribution in [0.2, 0.25) is 0 Å². The van der Waals surface area contributed by atoms with Crippen molar-refractivity contribution in [1.29, 1.82) is 0 Å². The zero-order valence-electron chi connectivity index (χ0n) is 16.2. The van der Waals surface area contributed by atoms with Crippen LogP contribution in [0.15, 0.2) is 53.8 Å². The summed E-state index contributed by atoms with van der Waals surface area (Å²) < 4.78 is 28.7. The van der Waals surface area contributed by atoms with Crippen molar-refractivity contribution < 1.29 is 13.2 Å². The Morgan fingerprint density at radius 1 is 1.21 bits per heavy atom. The smallest absolute Gasteiger partial charge is 0.270 e. The van der Waals surface area contributed by atoms with Gasteiger partial charge in [0.15, 0.2) is 0 Å². The van der Waals surface area contributed by atoms with Gasteiger partial charge in [-0.3, -0.25) is 14.2 Å². The van der Waals surface area contributed by atoms with E-state index in [1.165, 1.54) is 10.5 Å². The minimum Gasteiger partial charge on any atom is -0.350 e. The number of amides is 1. The van der Waals surface area contributed by atoms with Crippen molar-refractivity contribution in [3.8, 4) is 0 Å². The Morgan fingerprint density at radius 2 is 2.00 bits per heavy atom. The SMILES string of the molecule is Cc1nc2ccccn2c1C(=O)NCC1CCN(S(=O)(=O)c2cccnc2)CC1. The van der Waals surface area contributed by atoms with E-state index in [2.05, 4.69) is 15.3 Å². The number of hydrogen-bond donors (Lipinski definition) is 1. The molecule has 0 unspecified atom stereocenters. The second-order valence-corrected chi connectivity index (χ2v) is 9.16. The average molecular weight is 414 g/mol. The van der Waals surface area contributed by atoms with Crippen molar-refractivity contribution >= 4 is 21.6 Å². The first kappa shape index (κ1) is 19.5. The number of aromatic nitrogens is 3. The predicted molar refractivity (Wildman–Crippen MR) is 108 cm³/mol. The molecule has 4 rings (SSSR count). The molecule has 152 valence electrons. The highest BCUT2D eigenvalue weighted by Crippen LogP contribution is 2.23. The maximum absolute atomic E-state index is 12.7. The number of piperidine rings is 1. The van der Waals surface area contributed by atoms with Crippen LogP contribution in [-0.4, -0.2) is 52.6 Å². The monoisotopic (exact) mass is 413 g/mol. The lowest BCUT2D eigenvalue weighted by Crippen LogP contribution is -2.41. The first-order valence-corrected chi connectivity index (χ1v) is 11.0. The van der Waals surface area contributed by atoms with Crippen LogP contribution in [0.1, 0.15) is 29.0 Å². The Labute approximate surface area is 169 Å². The molecule has 29 heavy (non-hydrogen) atoms. The van der Waals surface area contributed by atoms with E-state index in [0.29, 0.717) is 43.9 Å². The molecule has 9 heteroatoms. The second kappa shape index (κ2) is 7.92. The van der Waals surface area contributed by atoms with E-state index in [1.54, 1.807) is 22.7 Å². The highest BCUT2D eigenvalue weighted by Gasteiger charge is 2.29. The third kappa shape index (κ3) is 3.88. The number of rotatable bonds is 5. The fraction of sp³-hybridized carbons (Fsp3) is 0.350. The molecule has 0 aliphatic carbocycles. The molecule has 1 N–H and O–H groups in total. The lowest BCUT2D eigenvalue weighted by Gasteiger charge is -2.31. The van der Waals surface area contributed by atoms with Crippen molar-refractivity contribution in [2.45, 2.75) is 24.7 Å². The third-order valence-electron chi connectivity index (χ3n) is 5.32. The molecule has 0 aromatic carbocycles. The van der Waals surface area contributed by atoms with Crippen LogP contribution in [0.5, 0.6) is 0 Å². The Balaban J connectivity index is 1.36. The first-order chi connectivity index (χ1) is 14.0. The number of fused-ring (bicyclic) bond motifs is 1. The Kier molecular flexibility index (Phi) is 5.33. The molecule has 1 fully saturated rings. The Morgan fingerprint density at radius 3 is 2.72 bits per heavy atom. The fourth-order valence-corrected chi connectivity index (χ4v) is 5.14. The molecular weight excluding hydrogens is 390 g/mol. The molecular formula is C20H23N5O3S. The molecule has 1 aliphatic rings. The van der Waals surface area contributed by atoms with Crippen molar-refractivity contribution in [2.75, 3.05) is 19.6 Å². The zero-order chi connectivity index (χ0) is 20.4. The molecule has 0 atom stereocenters. The summed E-state index contributed by atoms with van der Waals surface area (Å²) in [4.78, 5) is 21.2. The van der Waals surface area contributed by atoms with Gasteiger partial charge in [0.25, 0.3) is 5.91 Å². The van der Waals surface area contributed by atoms with Crippen molar-refractivity contribution in [2.24, 2.45) is 5.92 Å². The van der Waals surface area contributed by atoms with Crippen LogP contribution in [0.25, 0.3) is 5.65 Å². The number of pyridine rings is 2. The quantitative estimate of drug-likeness (QED) is 0.689. The van der Waals surface area contributed by atoms with Crippen molar-refractivity contribution in [3.63, 3.8) is 0 Å². The van der Waals surface area contributed by atoms with Gasteiger partial charge in [-0.05, 0) is 49.9 Å². The molecule has 0 bridgehead atoms. The molecule has 0 saturated carbocycles. The van der Waals surface area contributed by atoms with Crippen LogP contribution in [-0.2, 0) is 10.0 Å². The number of sulfonamides is 1. The van der Waals surface area contributed by atoms with Crippen LogP contribution in [0.4, 0.5) is 0 Å². The van der Waals surface area contributed by atoms with Gasteiger partial charge < -0.3 is 5.32 Å². The Bertz CT molecular complexity index is 1120. The predicted octanol–water partition coefficient (Wildman–Crippen LogP) is 1.87. The van der Waals surface area contributed by atoms with Gasteiger partial charge in [0.1, 0.15) is 16.2 Å². The Hall–Kier alpha value is -2.78. The van der Waals surface area contributed by atoms with Gasteiger partial charge in [-0.15, -0.1) is 0 Å². The number of nitrogens with one attached hydrogen (secondary N) is 1. The van der Waals surface area contributed by atoms with E-state index in [1.807, 2.05) is 31.3 Å². The van der Waals surface area contributed by atoms with Crippen molar-refractivity contribution in [1.82, 2.24) is 24.0 Å². The molecule has 4 heterocycles. The number of carbonyl (C=O) groups is 1. The van der Waals surface area contributed by atoms with Gasteiger partial charge in [0, 0.05) is 38.2 Å². The highest BCUT2D eigenvalue weighted by atomic mass is 32.2. The number of nitrogens with zero attached hydrogens (tertiary/aromatic N) is 4. The molecule has 3 aromatic rings. The molecule has 0 spiro atoms. The number of carbonyl (C=O) groups excluding carboxylic acids is 1. The maximum Gasteiger partial charge on any atom is 0.270 e. The normalized spacial score (nSPS) is 16.2. The summed E-state index contributed by atoms with van der Waals surface area (Å²) in [6.45, 7) is 3.21. The first-order valence-electron chi connectivity index (χ1n) is 9.59. The summed E-state index contributed by atoms with van der Waals surface area (Å²) in [5.74, 6) is 0.0744. The van der Waals surface area contributed by atoms with Gasteiger partial charge in [0.2, 0.25) is 10.0 Å². The number of hydrogen-bond acceptors (Lipinski definition) is 5. The van der Waals surface area contributed by atoms with Gasteiger partial charge in [-0.25, -0.2) is 13.4 Å². The van der Waals surface area contributed by atoms with E-state index < -0.39 is 10.0 Å². The lowest BCUT2D eigenvalue weighted by molar-refractivity contribution is 0.0935. The standard InChI is InChI=1S/C20H23N5O3S/c1-15-19(25-10-3-2-6-18(25)23-15)20(26)22-13-16-7-11-24(12-8-16)29(27,28)17-5-4-9-21-14-17/h2-6,9-10,14,16H,7-8,11-13H2,1H3,(H,22,26). The summed E-state index contributed by atoms with van der Waals surface area (Å²) in [5, 5.41) is 3.00. The van der Waals surface area contributed by atoms with E-state index in [-0.39, 0.29) is 16.7 Å². The summed E-state index contributed by atoms with van der Waals surface area (Å²) in [6, 6.07) is 8.80. The lowest BCUT2D eigenvalue weighted by atomic mass is 9.98. The van der Waals surface area contributed by atoms with Crippen molar-refractivity contribution in [3.05, 3.63) is 60.3 Å². The largest absolute Gasteiger partial charge is 0.350 e. The van der Waals surface area contributed by atoms with E-state index >= 15 is 0 Å². The summed E-state index contributed by atoms with van der Waals surface area (Å²) in [6.07, 6.45) is 6.16. The van der Waals surface area contributed by atoms with E-state index in [0.717, 1.165) is 5.65 Å². The molecule has 1 aliphatic heterocycles. The van der Waals surface area contributed by atoms with Crippen LogP contribution >= 0.6 is 0 Å². The van der Waals surface area contributed by atoms with Crippen LogP contribution in [0, 0.1) is 12.8 Å². The topological polar surface area (TPSA) is 96.7 Å². The second-order valence-electron chi connectivity index (χ2n) is 7.22. The molecule has 8 nitrogen and oxygen atoms in total. The summed E-state index contributed by atoms with van der Waals surface area (Å²) in [5.41, 5.74) is 1.97. The van der Waals surface area contributed by atoms with Gasteiger partial charge in [-0.1, -0.05) is 6.07 Å². The van der Waals surface area contributed by atoms with Gasteiger partial charge in [0.05, 0.1) is 5.69 Å². The van der Waals surface area contributed by atoms with Crippen LogP contribution in [0.3, 0.4) is 0 Å². The molecule has 1 amide bonds. The maximum atomic E-state index is 12.7. The summed E-state index contributed by atoms with van der Waals surface area (Å²) >= 11 is 0. The van der Waals surface area contributed by atoms with E-state index in [9.17, 15) is 13.2 Å². The zero-order valence-corrected chi connectivity index (χ0v) is 17.0. The molecule has 3 aromatic heterocycles. The van der Waals surface area contributed by atoms with Gasteiger partial charge in [-0.2, -0.15) is 4.31 Å². The number of imidazole rings is 1. The molecule has 1 saturated heterocycles. The van der Waals surface area contributed by atoms with Gasteiger partial charge >= 0.3 is 0 Å². The minimum atomic E-state index is -3.51. The highest BCUT2D eigenvalue weighted by molar-refractivity contribution is 7.89. The minimum absolute atomic E-state index is 0.161.